The molecule has 0 aliphatic heterocycles. The number of unbranched alkanes of at least 4 members (excludes halogenated alkanes) is 8. The first-order valence-electron chi connectivity index (χ1n) is 8.14. The van der Waals surface area contributed by atoms with Crippen LogP contribution in [-0.4, -0.2) is 5.78 Å². The smallest absolute Gasteiger partial charge is 0.165 e. The largest absolute Gasteiger partial charge is 0.294 e. The molecule has 118 valence electrons. The first-order valence-corrected chi connectivity index (χ1v) is 8.93. The number of halogens is 2. The van der Waals surface area contributed by atoms with E-state index in [1.165, 1.54) is 44.9 Å². The summed E-state index contributed by atoms with van der Waals surface area (Å²) in [5, 5.41) is 0. The third-order valence-electron chi connectivity index (χ3n) is 3.76. The van der Waals surface area contributed by atoms with Gasteiger partial charge in [0, 0.05) is 6.42 Å². The van der Waals surface area contributed by atoms with Crippen molar-refractivity contribution in [2.24, 2.45) is 0 Å². The molecule has 1 nitrogen and oxygen atoms in total. The lowest BCUT2D eigenvalue weighted by Crippen LogP contribution is -2.02. The van der Waals surface area contributed by atoms with Crippen LogP contribution in [0.25, 0.3) is 0 Å². The third-order valence-corrected chi connectivity index (χ3v) is 4.37. The zero-order valence-corrected chi connectivity index (χ0v) is 14.6. The number of hydrogen-bond donors (Lipinski definition) is 0. The van der Waals surface area contributed by atoms with Crippen LogP contribution in [-0.2, 0) is 0 Å². The van der Waals surface area contributed by atoms with E-state index >= 15 is 0 Å². The number of benzene rings is 1. The Hall–Kier alpha value is -0.700. The molecule has 0 radical (unpaired) electrons. The van der Waals surface area contributed by atoms with Crippen molar-refractivity contribution in [3.8, 4) is 0 Å². The van der Waals surface area contributed by atoms with Crippen LogP contribution in [0.4, 0.5) is 4.39 Å². The molecule has 0 N–H and O–H groups in total. The summed E-state index contributed by atoms with van der Waals surface area (Å²) in [4.78, 5) is 12.0. The van der Waals surface area contributed by atoms with E-state index in [1.807, 2.05) is 0 Å². The van der Waals surface area contributed by atoms with E-state index in [2.05, 4.69) is 22.9 Å². The maximum atomic E-state index is 13.8. The molecule has 1 aromatic rings. The fourth-order valence-electron chi connectivity index (χ4n) is 2.45. The minimum Gasteiger partial charge on any atom is -0.294 e. The van der Waals surface area contributed by atoms with E-state index in [9.17, 15) is 9.18 Å². The van der Waals surface area contributed by atoms with Crippen LogP contribution in [0.15, 0.2) is 22.7 Å². The van der Waals surface area contributed by atoms with Crippen molar-refractivity contribution in [3.63, 3.8) is 0 Å². The average molecular weight is 357 g/mol. The number of carbonyl (C=O) groups excluding carboxylic acids is 1. The van der Waals surface area contributed by atoms with Crippen molar-refractivity contribution in [1.29, 1.82) is 0 Å². The SMILES string of the molecule is CCCCCCCCCCCC(=O)c1cccc(Br)c1F. The van der Waals surface area contributed by atoms with Crippen molar-refractivity contribution in [3.05, 3.63) is 34.1 Å². The number of rotatable bonds is 11. The Balaban J connectivity index is 2.13. The summed E-state index contributed by atoms with van der Waals surface area (Å²) in [6.45, 7) is 2.23. The van der Waals surface area contributed by atoms with E-state index in [-0.39, 0.29) is 11.3 Å². The van der Waals surface area contributed by atoms with Crippen LogP contribution >= 0.6 is 15.9 Å². The van der Waals surface area contributed by atoms with Gasteiger partial charge in [0.05, 0.1) is 10.0 Å². The minimum atomic E-state index is -0.432. The normalized spacial score (nSPS) is 10.8. The number of ketones is 1. The van der Waals surface area contributed by atoms with Gasteiger partial charge < -0.3 is 0 Å². The molecule has 0 spiro atoms. The molecule has 1 aromatic carbocycles. The molecule has 0 atom stereocenters. The standard InChI is InChI=1S/C18H26BrFO/c1-2-3-4-5-6-7-8-9-10-14-17(21)15-12-11-13-16(19)18(15)20/h11-13H,2-10,14H2,1H3. The summed E-state index contributed by atoms with van der Waals surface area (Å²) >= 11 is 3.12. The van der Waals surface area contributed by atoms with Crippen molar-refractivity contribution < 1.29 is 9.18 Å². The second-order valence-corrected chi connectivity index (χ2v) is 6.46. The first-order chi connectivity index (χ1) is 10.2. The van der Waals surface area contributed by atoms with Crippen molar-refractivity contribution in [2.75, 3.05) is 0 Å². The monoisotopic (exact) mass is 356 g/mol. The summed E-state index contributed by atoms with van der Waals surface area (Å²) in [5.41, 5.74) is 0.212. The molecule has 0 saturated carbocycles. The zero-order chi connectivity index (χ0) is 15.5. The van der Waals surface area contributed by atoms with Gasteiger partial charge in [-0.15, -0.1) is 0 Å². The molecule has 0 unspecified atom stereocenters. The van der Waals surface area contributed by atoms with Gasteiger partial charge in [-0.2, -0.15) is 0 Å². The molecule has 0 aromatic heterocycles. The Bertz CT molecular complexity index is 431. The van der Waals surface area contributed by atoms with E-state index in [1.54, 1.807) is 18.2 Å². The molecule has 0 aliphatic rings. The third kappa shape index (κ3) is 7.21. The van der Waals surface area contributed by atoms with Gasteiger partial charge in [-0.3, -0.25) is 4.79 Å². The molecule has 0 aliphatic carbocycles. The molecule has 3 heteroatoms. The molecule has 0 saturated heterocycles. The summed E-state index contributed by atoms with van der Waals surface area (Å²) in [6.07, 6.45) is 11.4. The van der Waals surface area contributed by atoms with Crippen LogP contribution in [0, 0.1) is 5.82 Å². The van der Waals surface area contributed by atoms with Gasteiger partial charge in [0.2, 0.25) is 0 Å². The van der Waals surface area contributed by atoms with E-state index < -0.39 is 5.82 Å². The molecule has 0 fully saturated rings. The predicted octanol–water partition coefficient (Wildman–Crippen LogP) is 6.69. The summed E-state index contributed by atoms with van der Waals surface area (Å²) < 4.78 is 14.1. The summed E-state index contributed by atoms with van der Waals surface area (Å²) in [7, 11) is 0. The molecule has 0 amide bonds. The van der Waals surface area contributed by atoms with Crippen LogP contribution in [0.3, 0.4) is 0 Å². The molecular weight excluding hydrogens is 331 g/mol. The number of carbonyl (C=O) groups is 1. The average Bonchev–Trinajstić information content (AvgIpc) is 2.48. The van der Waals surface area contributed by atoms with Crippen molar-refractivity contribution in [1.82, 2.24) is 0 Å². The van der Waals surface area contributed by atoms with Crippen LogP contribution in [0.1, 0.15) is 81.5 Å². The van der Waals surface area contributed by atoms with E-state index in [4.69, 9.17) is 0 Å². The maximum absolute atomic E-state index is 13.8. The number of hydrogen-bond acceptors (Lipinski definition) is 1. The maximum Gasteiger partial charge on any atom is 0.165 e. The minimum absolute atomic E-state index is 0.0863. The van der Waals surface area contributed by atoms with Gasteiger partial charge in [0.25, 0.3) is 0 Å². The summed E-state index contributed by atoms with van der Waals surface area (Å²) in [5.74, 6) is -0.518. The Labute approximate surface area is 136 Å². The van der Waals surface area contributed by atoms with E-state index in [0.717, 1.165) is 12.8 Å². The lowest BCUT2D eigenvalue weighted by atomic mass is 10.0. The Morgan fingerprint density at radius 1 is 1.00 bits per heavy atom. The van der Waals surface area contributed by atoms with Crippen molar-refractivity contribution in [2.45, 2.75) is 71.1 Å². The highest BCUT2D eigenvalue weighted by atomic mass is 79.9. The predicted molar refractivity (Wildman–Crippen MR) is 90.3 cm³/mol. The van der Waals surface area contributed by atoms with Crippen LogP contribution in [0.5, 0.6) is 0 Å². The fraction of sp³-hybridized carbons (Fsp3) is 0.611. The lowest BCUT2D eigenvalue weighted by Gasteiger charge is -2.04. The quantitative estimate of drug-likeness (QED) is 0.318. The molecule has 21 heavy (non-hydrogen) atoms. The second kappa shape index (κ2) is 10.9. The molecule has 0 heterocycles. The molecular formula is C18H26BrFO. The van der Waals surface area contributed by atoms with Crippen molar-refractivity contribution >= 4 is 21.7 Å². The molecule has 0 bridgehead atoms. The fourth-order valence-corrected chi connectivity index (χ4v) is 2.82. The van der Waals surface area contributed by atoms with Crippen LogP contribution < -0.4 is 0 Å². The zero-order valence-electron chi connectivity index (χ0n) is 13.0. The highest BCUT2D eigenvalue weighted by Gasteiger charge is 2.13. The Morgan fingerprint density at radius 3 is 2.19 bits per heavy atom. The molecule has 1 rings (SSSR count). The van der Waals surface area contributed by atoms with Gasteiger partial charge in [-0.1, -0.05) is 64.4 Å². The topological polar surface area (TPSA) is 17.1 Å². The first kappa shape index (κ1) is 18.3. The van der Waals surface area contributed by atoms with Gasteiger partial charge in [-0.25, -0.2) is 4.39 Å². The van der Waals surface area contributed by atoms with Gasteiger partial charge >= 0.3 is 0 Å². The highest BCUT2D eigenvalue weighted by molar-refractivity contribution is 9.10. The Morgan fingerprint density at radius 2 is 1.57 bits per heavy atom. The van der Waals surface area contributed by atoms with Gasteiger partial charge in [0.1, 0.15) is 5.82 Å². The summed E-state index contributed by atoms with van der Waals surface area (Å²) in [6, 6.07) is 4.89. The lowest BCUT2D eigenvalue weighted by molar-refractivity contribution is 0.0975. The van der Waals surface area contributed by atoms with Crippen LogP contribution in [0.2, 0.25) is 0 Å². The highest BCUT2D eigenvalue weighted by Crippen LogP contribution is 2.20. The van der Waals surface area contributed by atoms with Gasteiger partial charge in [-0.05, 0) is 34.5 Å². The van der Waals surface area contributed by atoms with E-state index in [0.29, 0.717) is 10.9 Å². The Kier molecular flexibility index (Phi) is 9.56. The second-order valence-electron chi connectivity index (χ2n) is 5.60. The number of Topliss-reactive ketones (excluding diaryl/α,β-unsaturated/α-hetero) is 1. The van der Waals surface area contributed by atoms with Gasteiger partial charge in [0.15, 0.2) is 5.78 Å².